The Kier molecular flexibility index (Phi) is 4.59. The fourth-order valence-corrected chi connectivity index (χ4v) is 2.13. The summed E-state index contributed by atoms with van der Waals surface area (Å²) in [5.41, 5.74) is 0. The van der Waals surface area contributed by atoms with Crippen molar-refractivity contribution in [1.29, 1.82) is 0 Å². The molecule has 0 radical (unpaired) electrons. The summed E-state index contributed by atoms with van der Waals surface area (Å²) < 4.78 is 5.04. The van der Waals surface area contributed by atoms with Crippen molar-refractivity contribution in [1.82, 2.24) is 4.90 Å². The molecular weight excluding hydrogens is 194 g/mol. The van der Waals surface area contributed by atoms with Crippen molar-refractivity contribution < 1.29 is 14.3 Å². The second-order valence-corrected chi connectivity index (χ2v) is 3.92. The van der Waals surface area contributed by atoms with Crippen molar-refractivity contribution in [3.05, 3.63) is 0 Å². The van der Waals surface area contributed by atoms with Crippen LogP contribution in [0.5, 0.6) is 0 Å². The van der Waals surface area contributed by atoms with E-state index in [2.05, 4.69) is 0 Å². The number of piperidine rings is 1. The summed E-state index contributed by atoms with van der Waals surface area (Å²) in [5, 5.41) is 0. The molecular formula is C11H19NO3. The summed E-state index contributed by atoms with van der Waals surface area (Å²) in [5.74, 6) is 0.129. The van der Waals surface area contributed by atoms with Crippen molar-refractivity contribution in [3.63, 3.8) is 0 Å². The molecule has 0 aromatic rings. The van der Waals surface area contributed by atoms with E-state index in [1.807, 2.05) is 13.8 Å². The number of carbonyl (C=O) groups excluding carboxylic acids is 2. The Morgan fingerprint density at radius 2 is 2.27 bits per heavy atom. The van der Waals surface area contributed by atoms with Crippen molar-refractivity contribution in [2.75, 3.05) is 19.7 Å². The van der Waals surface area contributed by atoms with Crippen LogP contribution in [0.15, 0.2) is 0 Å². The Labute approximate surface area is 90.6 Å². The fourth-order valence-electron chi connectivity index (χ4n) is 2.13. The number of hydrogen-bond acceptors (Lipinski definition) is 3. The molecule has 0 aliphatic carbocycles. The number of esters is 1. The average molecular weight is 213 g/mol. The quantitative estimate of drug-likeness (QED) is 0.518. The first-order valence-corrected chi connectivity index (χ1v) is 5.58. The van der Waals surface area contributed by atoms with Gasteiger partial charge in [0.25, 0.3) is 0 Å². The molecule has 4 heteroatoms. The predicted octanol–water partition coefficient (Wildman–Crippen LogP) is 1.05. The van der Waals surface area contributed by atoms with Crippen LogP contribution >= 0.6 is 0 Å². The second-order valence-electron chi connectivity index (χ2n) is 3.92. The van der Waals surface area contributed by atoms with E-state index in [1.54, 1.807) is 4.90 Å². The molecule has 2 atom stereocenters. The number of rotatable bonds is 4. The highest BCUT2D eigenvalue weighted by molar-refractivity contribution is 5.73. The molecule has 1 rings (SSSR count). The number of ether oxygens (including phenoxy) is 1. The topological polar surface area (TPSA) is 46.6 Å². The average Bonchev–Trinajstić information content (AvgIpc) is 2.28. The van der Waals surface area contributed by atoms with Gasteiger partial charge in [0.05, 0.1) is 12.5 Å². The lowest BCUT2D eigenvalue weighted by molar-refractivity contribution is -0.153. The number of hydrogen-bond donors (Lipinski definition) is 0. The summed E-state index contributed by atoms with van der Waals surface area (Å²) in [6, 6.07) is 0. The lowest BCUT2D eigenvalue weighted by Crippen LogP contribution is -2.42. The van der Waals surface area contributed by atoms with Gasteiger partial charge in [-0.1, -0.05) is 13.3 Å². The molecule has 0 N–H and O–H groups in total. The molecule has 15 heavy (non-hydrogen) atoms. The zero-order valence-corrected chi connectivity index (χ0v) is 9.44. The Hall–Kier alpha value is -1.06. The third-order valence-electron chi connectivity index (χ3n) is 3.03. The van der Waals surface area contributed by atoms with Crippen LogP contribution in [0.25, 0.3) is 0 Å². The van der Waals surface area contributed by atoms with E-state index in [0.717, 1.165) is 19.3 Å². The van der Waals surface area contributed by atoms with Gasteiger partial charge in [0.1, 0.15) is 0 Å². The minimum Gasteiger partial charge on any atom is -0.466 e. The molecule has 86 valence electrons. The molecule has 0 bridgehead atoms. The summed E-state index contributed by atoms with van der Waals surface area (Å²) in [6.07, 6.45) is 2.51. The molecule has 1 heterocycles. The first kappa shape index (κ1) is 12.0. The smallest absolute Gasteiger partial charge is 0.309 e. The van der Waals surface area contributed by atoms with Crippen LogP contribution in [-0.2, 0) is 14.3 Å². The largest absolute Gasteiger partial charge is 0.466 e. The predicted molar refractivity (Wildman–Crippen MR) is 56.2 cm³/mol. The first-order chi connectivity index (χ1) is 7.22. The SMILES string of the molecule is CCOC(=O)C1CCN(C=O)CC1CC. The van der Waals surface area contributed by atoms with E-state index >= 15 is 0 Å². The van der Waals surface area contributed by atoms with Gasteiger partial charge in [-0.05, 0) is 19.3 Å². The van der Waals surface area contributed by atoms with Crippen molar-refractivity contribution in [3.8, 4) is 0 Å². The molecule has 4 nitrogen and oxygen atoms in total. The zero-order valence-electron chi connectivity index (χ0n) is 9.44. The Bertz CT molecular complexity index is 230. The lowest BCUT2D eigenvalue weighted by atomic mass is 9.84. The van der Waals surface area contributed by atoms with Gasteiger partial charge in [0.15, 0.2) is 0 Å². The molecule has 0 spiro atoms. The van der Waals surface area contributed by atoms with Crippen LogP contribution in [-0.4, -0.2) is 37.0 Å². The Balaban J connectivity index is 2.57. The van der Waals surface area contributed by atoms with Crippen LogP contribution in [0.4, 0.5) is 0 Å². The summed E-state index contributed by atoms with van der Waals surface area (Å²) in [7, 11) is 0. The van der Waals surface area contributed by atoms with Crippen LogP contribution in [0.1, 0.15) is 26.7 Å². The third kappa shape index (κ3) is 2.94. The van der Waals surface area contributed by atoms with Crippen molar-refractivity contribution in [2.24, 2.45) is 11.8 Å². The fraction of sp³-hybridized carbons (Fsp3) is 0.818. The van der Waals surface area contributed by atoms with Gasteiger partial charge in [-0.15, -0.1) is 0 Å². The van der Waals surface area contributed by atoms with Crippen molar-refractivity contribution in [2.45, 2.75) is 26.7 Å². The molecule has 1 aliphatic heterocycles. The van der Waals surface area contributed by atoms with Gasteiger partial charge in [-0.25, -0.2) is 0 Å². The van der Waals surface area contributed by atoms with Gasteiger partial charge in [-0.2, -0.15) is 0 Å². The highest BCUT2D eigenvalue weighted by Gasteiger charge is 2.33. The minimum absolute atomic E-state index is 0.0221. The van der Waals surface area contributed by atoms with E-state index < -0.39 is 0 Å². The minimum atomic E-state index is -0.102. The molecule has 0 aromatic carbocycles. The normalized spacial score (nSPS) is 26.1. The summed E-state index contributed by atoms with van der Waals surface area (Å²) >= 11 is 0. The number of likely N-dealkylation sites (tertiary alicyclic amines) is 1. The highest BCUT2D eigenvalue weighted by Crippen LogP contribution is 2.26. The zero-order chi connectivity index (χ0) is 11.3. The number of carbonyl (C=O) groups is 2. The van der Waals surface area contributed by atoms with Crippen LogP contribution in [0.3, 0.4) is 0 Å². The van der Waals surface area contributed by atoms with Gasteiger partial charge in [0.2, 0.25) is 6.41 Å². The molecule has 0 saturated carbocycles. The van der Waals surface area contributed by atoms with Crippen LogP contribution in [0, 0.1) is 11.8 Å². The standard InChI is InChI=1S/C11H19NO3/c1-3-9-7-12(8-13)6-5-10(9)11(14)15-4-2/h8-10H,3-7H2,1-2H3. The Morgan fingerprint density at radius 3 is 2.80 bits per heavy atom. The maximum absolute atomic E-state index is 11.6. The van der Waals surface area contributed by atoms with E-state index in [0.29, 0.717) is 19.7 Å². The van der Waals surface area contributed by atoms with E-state index in [-0.39, 0.29) is 17.8 Å². The first-order valence-electron chi connectivity index (χ1n) is 5.58. The molecule has 1 aliphatic rings. The molecule has 1 amide bonds. The van der Waals surface area contributed by atoms with Crippen molar-refractivity contribution >= 4 is 12.4 Å². The Morgan fingerprint density at radius 1 is 1.53 bits per heavy atom. The maximum Gasteiger partial charge on any atom is 0.309 e. The molecule has 1 saturated heterocycles. The van der Waals surface area contributed by atoms with Gasteiger partial charge in [-0.3, -0.25) is 9.59 Å². The highest BCUT2D eigenvalue weighted by atomic mass is 16.5. The van der Waals surface area contributed by atoms with Crippen LogP contribution < -0.4 is 0 Å². The van der Waals surface area contributed by atoms with E-state index in [1.165, 1.54) is 0 Å². The third-order valence-corrected chi connectivity index (χ3v) is 3.03. The van der Waals surface area contributed by atoms with Crippen LogP contribution in [0.2, 0.25) is 0 Å². The monoisotopic (exact) mass is 213 g/mol. The molecule has 0 aromatic heterocycles. The van der Waals surface area contributed by atoms with Gasteiger partial charge >= 0.3 is 5.97 Å². The number of amides is 1. The molecule has 1 fully saturated rings. The van der Waals surface area contributed by atoms with Gasteiger partial charge < -0.3 is 9.64 Å². The van der Waals surface area contributed by atoms with E-state index in [9.17, 15) is 9.59 Å². The lowest BCUT2D eigenvalue weighted by Gasteiger charge is -2.34. The summed E-state index contributed by atoms with van der Waals surface area (Å²) in [6.45, 7) is 5.65. The number of nitrogens with zero attached hydrogens (tertiary/aromatic N) is 1. The maximum atomic E-state index is 11.6. The summed E-state index contributed by atoms with van der Waals surface area (Å²) in [4.78, 5) is 24.0. The molecule has 2 unspecified atom stereocenters. The van der Waals surface area contributed by atoms with E-state index in [4.69, 9.17) is 4.74 Å². The second kappa shape index (κ2) is 5.73. The van der Waals surface area contributed by atoms with Gasteiger partial charge in [0, 0.05) is 13.1 Å².